The van der Waals surface area contributed by atoms with E-state index in [1.54, 1.807) is 0 Å². The number of carbonyl (C=O) groups is 1. The van der Waals surface area contributed by atoms with E-state index >= 15 is 0 Å². The van der Waals surface area contributed by atoms with Gasteiger partial charge in [0.1, 0.15) is 0 Å². The molecule has 2 aliphatic rings. The van der Waals surface area contributed by atoms with Gasteiger partial charge in [0.15, 0.2) is 0 Å². The summed E-state index contributed by atoms with van der Waals surface area (Å²) in [7, 11) is 0. The van der Waals surface area contributed by atoms with Gasteiger partial charge in [0.25, 0.3) is 0 Å². The molecule has 0 aliphatic carbocycles. The molecule has 0 aromatic carbocycles. The lowest BCUT2D eigenvalue weighted by molar-refractivity contribution is -0.121. The summed E-state index contributed by atoms with van der Waals surface area (Å²) in [5, 5.41) is 6.45. The molecule has 2 atom stereocenters. The number of ether oxygens (including phenoxy) is 1. The van der Waals surface area contributed by atoms with Crippen LogP contribution in [0.25, 0.3) is 0 Å². The lowest BCUT2D eigenvalue weighted by Gasteiger charge is -2.23. The number of amides is 1. The van der Waals surface area contributed by atoms with Crippen molar-refractivity contribution in [3.8, 4) is 0 Å². The van der Waals surface area contributed by atoms with Crippen molar-refractivity contribution in [2.75, 3.05) is 32.8 Å². The molecule has 1 amide bonds. The lowest BCUT2D eigenvalue weighted by atomic mass is 9.94. The third-order valence-corrected chi connectivity index (χ3v) is 4.02. The molecule has 0 radical (unpaired) electrons. The first-order valence-electron chi connectivity index (χ1n) is 7.40. The molecule has 2 rings (SSSR count). The summed E-state index contributed by atoms with van der Waals surface area (Å²) in [6, 6.07) is 0. The van der Waals surface area contributed by atoms with Gasteiger partial charge in [-0.05, 0) is 57.0 Å². The van der Waals surface area contributed by atoms with E-state index < -0.39 is 0 Å². The highest BCUT2D eigenvalue weighted by Gasteiger charge is 2.16. The number of rotatable bonds is 5. The van der Waals surface area contributed by atoms with E-state index in [1.165, 1.54) is 19.3 Å². The van der Waals surface area contributed by atoms with Gasteiger partial charge in [-0.25, -0.2) is 0 Å². The summed E-state index contributed by atoms with van der Waals surface area (Å²) in [6.07, 6.45) is 6.56. The summed E-state index contributed by atoms with van der Waals surface area (Å²) in [6.45, 7) is 4.72. The van der Waals surface area contributed by atoms with Gasteiger partial charge in [-0.15, -0.1) is 0 Å². The van der Waals surface area contributed by atoms with Crippen LogP contribution in [0.3, 0.4) is 0 Å². The molecule has 2 saturated heterocycles. The fraction of sp³-hybridized carbons (Fsp3) is 0.929. The Kier molecular flexibility index (Phi) is 5.94. The molecule has 0 saturated carbocycles. The highest BCUT2D eigenvalue weighted by Crippen LogP contribution is 2.16. The van der Waals surface area contributed by atoms with E-state index in [-0.39, 0.29) is 5.91 Å². The second kappa shape index (κ2) is 7.74. The first-order valence-corrected chi connectivity index (χ1v) is 7.40. The maximum atomic E-state index is 11.8. The molecule has 2 heterocycles. The lowest BCUT2D eigenvalue weighted by Crippen LogP contribution is -2.34. The smallest absolute Gasteiger partial charge is 0.220 e. The fourth-order valence-electron chi connectivity index (χ4n) is 2.82. The van der Waals surface area contributed by atoms with Crippen LogP contribution in [0.1, 0.15) is 38.5 Å². The minimum absolute atomic E-state index is 0.214. The minimum atomic E-state index is 0.214. The Morgan fingerprint density at radius 1 is 1.28 bits per heavy atom. The summed E-state index contributed by atoms with van der Waals surface area (Å²) >= 11 is 0. The van der Waals surface area contributed by atoms with Crippen LogP contribution >= 0.6 is 0 Å². The maximum absolute atomic E-state index is 11.8. The van der Waals surface area contributed by atoms with Crippen molar-refractivity contribution in [3.63, 3.8) is 0 Å². The predicted molar refractivity (Wildman–Crippen MR) is 71.4 cm³/mol. The van der Waals surface area contributed by atoms with E-state index in [2.05, 4.69) is 10.6 Å². The molecule has 4 heteroatoms. The van der Waals surface area contributed by atoms with Gasteiger partial charge in [0.2, 0.25) is 5.91 Å². The molecule has 0 spiro atoms. The molecule has 2 aliphatic heterocycles. The Morgan fingerprint density at radius 3 is 2.89 bits per heavy atom. The molecular weight excluding hydrogens is 228 g/mol. The van der Waals surface area contributed by atoms with E-state index in [4.69, 9.17) is 4.74 Å². The first kappa shape index (κ1) is 13.8. The Morgan fingerprint density at radius 2 is 2.17 bits per heavy atom. The average Bonchev–Trinajstić information content (AvgIpc) is 2.45. The molecule has 2 N–H and O–H groups in total. The van der Waals surface area contributed by atoms with E-state index in [9.17, 15) is 4.79 Å². The predicted octanol–water partition coefficient (Wildman–Crippen LogP) is 1.31. The molecule has 104 valence electrons. The van der Waals surface area contributed by atoms with Gasteiger partial charge < -0.3 is 15.4 Å². The van der Waals surface area contributed by atoms with Crippen LogP contribution in [0, 0.1) is 11.8 Å². The van der Waals surface area contributed by atoms with Crippen LogP contribution in [-0.2, 0) is 9.53 Å². The zero-order chi connectivity index (χ0) is 12.6. The van der Waals surface area contributed by atoms with Crippen LogP contribution in [0.5, 0.6) is 0 Å². The molecular formula is C14H26N2O2. The summed E-state index contributed by atoms with van der Waals surface area (Å²) in [5.41, 5.74) is 0. The molecule has 0 bridgehead atoms. The van der Waals surface area contributed by atoms with Gasteiger partial charge in [0.05, 0.1) is 6.61 Å². The van der Waals surface area contributed by atoms with E-state index in [0.717, 1.165) is 45.7 Å². The zero-order valence-corrected chi connectivity index (χ0v) is 11.2. The third kappa shape index (κ3) is 4.94. The first-order chi connectivity index (χ1) is 8.84. The van der Waals surface area contributed by atoms with Crippen LogP contribution < -0.4 is 10.6 Å². The normalized spacial score (nSPS) is 28.9. The fourth-order valence-corrected chi connectivity index (χ4v) is 2.82. The van der Waals surface area contributed by atoms with Crippen LogP contribution in [0.4, 0.5) is 0 Å². The van der Waals surface area contributed by atoms with Crippen molar-refractivity contribution in [1.29, 1.82) is 0 Å². The highest BCUT2D eigenvalue weighted by atomic mass is 16.5. The quantitative estimate of drug-likeness (QED) is 0.778. The summed E-state index contributed by atoms with van der Waals surface area (Å²) in [5.74, 6) is 1.44. The van der Waals surface area contributed by atoms with Crippen LogP contribution in [0.2, 0.25) is 0 Å². The molecule has 18 heavy (non-hydrogen) atoms. The summed E-state index contributed by atoms with van der Waals surface area (Å²) < 4.78 is 5.41. The number of carbonyl (C=O) groups excluding carboxylic acids is 1. The standard InChI is InChI=1S/C14H26N2O2/c17-14(6-5-12-3-1-7-15-9-12)16-10-13-4-2-8-18-11-13/h12-13,15H,1-11H2,(H,16,17). The van der Waals surface area contributed by atoms with Crippen molar-refractivity contribution < 1.29 is 9.53 Å². The number of nitrogens with one attached hydrogen (secondary N) is 2. The summed E-state index contributed by atoms with van der Waals surface area (Å²) in [4.78, 5) is 11.8. The molecule has 0 aromatic rings. The molecule has 2 unspecified atom stereocenters. The van der Waals surface area contributed by atoms with Crippen molar-refractivity contribution in [2.45, 2.75) is 38.5 Å². The van der Waals surface area contributed by atoms with Crippen LogP contribution in [-0.4, -0.2) is 38.8 Å². The van der Waals surface area contributed by atoms with Crippen molar-refractivity contribution in [1.82, 2.24) is 10.6 Å². The second-order valence-electron chi connectivity index (χ2n) is 5.64. The van der Waals surface area contributed by atoms with Gasteiger partial charge in [0, 0.05) is 19.6 Å². The van der Waals surface area contributed by atoms with Crippen molar-refractivity contribution in [2.24, 2.45) is 11.8 Å². The van der Waals surface area contributed by atoms with Crippen LogP contribution in [0.15, 0.2) is 0 Å². The highest BCUT2D eigenvalue weighted by molar-refractivity contribution is 5.75. The maximum Gasteiger partial charge on any atom is 0.220 e. The molecule has 2 fully saturated rings. The topological polar surface area (TPSA) is 50.4 Å². The van der Waals surface area contributed by atoms with E-state index in [0.29, 0.717) is 18.3 Å². The zero-order valence-electron chi connectivity index (χ0n) is 11.2. The van der Waals surface area contributed by atoms with Gasteiger partial charge in [-0.3, -0.25) is 4.79 Å². The molecule has 4 nitrogen and oxygen atoms in total. The minimum Gasteiger partial charge on any atom is -0.381 e. The third-order valence-electron chi connectivity index (χ3n) is 4.02. The average molecular weight is 254 g/mol. The number of piperidine rings is 1. The van der Waals surface area contributed by atoms with Gasteiger partial charge in [-0.2, -0.15) is 0 Å². The Hall–Kier alpha value is -0.610. The Labute approximate surface area is 110 Å². The van der Waals surface area contributed by atoms with Gasteiger partial charge >= 0.3 is 0 Å². The largest absolute Gasteiger partial charge is 0.381 e. The Balaban J connectivity index is 1.54. The number of hydrogen-bond donors (Lipinski definition) is 2. The monoisotopic (exact) mass is 254 g/mol. The Bertz CT molecular complexity index is 222. The van der Waals surface area contributed by atoms with Gasteiger partial charge in [-0.1, -0.05) is 0 Å². The van der Waals surface area contributed by atoms with E-state index in [1.807, 2.05) is 0 Å². The molecule has 0 aromatic heterocycles. The van der Waals surface area contributed by atoms with Crippen molar-refractivity contribution in [3.05, 3.63) is 0 Å². The second-order valence-corrected chi connectivity index (χ2v) is 5.64. The van der Waals surface area contributed by atoms with Crippen molar-refractivity contribution >= 4 is 5.91 Å². The SMILES string of the molecule is O=C(CCC1CCCNC1)NCC1CCCOC1. The number of hydrogen-bond acceptors (Lipinski definition) is 3.